The topological polar surface area (TPSA) is 252 Å². The second-order valence-corrected chi connectivity index (χ2v) is 8.75. The lowest BCUT2D eigenvalue weighted by molar-refractivity contribution is -0.143. The van der Waals surface area contributed by atoms with Crippen LogP contribution >= 0.6 is 12.6 Å². The standard InChI is InChI=1S/C23H35N7O7S/c24-14(11-13-5-2-1-3-6-13)19(33)28-15(7-4-10-27-23(25)26)20(34)30-17(12-38)21(35)29-16(22(36)37)8-9-18(31)32/h1-3,5-6,14-17,38H,4,7-12,24H2,(H,28,33)(H,29,35)(H,30,34)(H,31,32)(H,36,37)(H4,25,26,27). The molecule has 4 atom stereocenters. The maximum Gasteiger partial charge on any atom is 0.326 e. The molecule has 210 valence electrons. The summed E-state index contributed by atoms with van der Waals surface area (Å²) in [7, 11) is 0. The number of aliphatic imine (C=N–C) groups is 1. The zero-order valence-electron chi connectivity index (χ0n) is 20.7. The molecule has 11 N–H and O–H groups in total. The number of carbonyl (C=O) groups is 5. The van der Waals surface area contributed by atoms with Gasteiger partial charge in [0.2, 0.25) is 17.7 Å². The Labute approximate surface area is 225 Å². The minimum absolute atomic E-state index is 0.101. The monoisotopic (exact) mass is 553 g/mol. The lowest BCUT2D eigenvalue weighted by atomic mass is 10.0. The molecule has 14 nitrogen and oxygen atoms in total. The van der Waals surface area contributed by atoms with Crippen LogP contribution in [-0.4, -0.2) is 82.3 Å². The first-order valence-electron chi connectivity index (χ1n) is 11.8. The van der Waals surface area contributed by atoms with Gasteiger partial charge in [-0.3, -0.25) is 24.2 Å². The summed E-state index contributed by atoms with van der Waals surface area (Å²) in [5.41, 5.74) is 17.5. The number of hydrogen-bond donors (Lipinski definition) is 9. The highest BCUT2D eigenvalue weighted by Crippen LogP contribution is 2.06. The molecule has 0 aliphatic carbocycles. The summed E-state index contributed by atoms with van der Waals surface area (Å²) < 4.78 is 0. The first-order valence-corrected chi connectivity index (χ1v) is 12.4. The Morgan fingerprint density at radius 3 is 2.00 bits per heavy atom. The van der Waals surface area contributed by atoms with Gasteiger partial charge in [0.05, 0.1) is 6.04 Å². The molecule has 1 rings (SSSR count). The van der Waals surface area contributed by atoms with Gasteiger partial charge in [0, 0.05) is 18.7 Å². The van der Waals surface area contributed by atoms with Gasteiger partial charge in [-0.25, -0.2) is 4.79 Å². The molecule has 4 unspecified atom stereocenters. The van der Waals surface area contributed by atoms with E-state index >= 15 is 0 Å². The first-order chi connectivity index (χ1) is 17.9. The second-order valence-electron chi connectivity index (χ2n) is 8.38. The fourth-order valence-electron chi connectivity index (χ4n) is 3.28. The van der Waals surface area contributed by atoms with Crippen molar-refractivity contribution in [2.75, 3.05) is 12.3 Å². The fraction of sp³-hybridized carbons (Fsp3) is 0.478. The van der Waals surface area contributed by atoms with Crippen molar-refractivity contribution in [2.24, 2.45) is 22.2 Å². The average molecular weight is 554 g/mol. The number of guanidine groups is 1. The van der Waals surface area contributed by atoms with Gasteiger partial charge < -0.3 is 43.4 Å². The summed E-state index contributed by atoms with van der Waals surface area (Å²) in [6.07, 6.45) is -0.208. The van der Waals surface area contributed by atoms with Crippen molar-refractivity contribution in [1.29, 1.82) is 0 Å². The van der Waals surface area contributed by atoms with E-state index in [2.05, 4.69) is 33.6 Å². The predicted octanol–water partition coefficient (Wildman–Crippen LogP) is -2.06. The number of hydrogen-bond acceptors (Lipinski definition) is 8. The van der Waals surface area contributed by atoms with E-state index in [9.17, 15) is 29.1 Å². The van der Waals surface area contributed by atoms with Gasteiger partial charge in [-0.1, -0.05) is 30.3 Å². The minimum Gasteiger partial charge on any atom is -0.481 e. The van der Waals surface area contributed by atoms with Gasteiger partial charge in [-0.2, -0.15) is 12.6 Å². The zero-order chi connectivity index (χ0) is 28.7. The molecule has 0 radical (unpaired) electrons. The maximum absolute atomic E-state index is 13.0. The van der Waals surface area contributed by atoms with Gasteiger partial charge in [0.1, 0.15) is 18.1 Å². The van der Waals surface area contributed by atoms with Crippen LogP contribution in [0.5, 0.6) is 0 Å². The highest BCUT2D eigenvalue weighted by atomic mass is 32.1. The minimum atomic E-state index is -1.48. The summed E-state index contributed by atoms with van der Waals surface area (Å²) in [5.74, 6) is -5.20. The second kappa shape index (κ2) is 16.8. The molecule has 0 saturated heterocycles. The van der Waals surface area contributed by atoms with Crippen molar-refractivity contribution < 1.29 is 34.2 Å². The Balaban J connectivity index is 2.91. The number of carboxylic acid groups (broad SMARTS) is 2. The SMILES string of the molecule is NC(N)=NCCCC(NC(=O)C(N)Cc1ccccc1)C(=O)NC(CS)C(=O)NC(CCC(=O)O)C(=O)O. The molecule has 38 heavy (non-hydrogen) atoms. The Morgan fingerprint density at radius 1 is 0.868 bits per heavy atom. The molecule has 0 saturated carbocycles. The Hall–Kier alpha value is -3.85. The third kappa shape index (κ3) is 12.4. The molecule has 15 heteroatoms. The van der Waals surface area contributed by atoms with Gasteiger partial charge in [-0.05, 0) is 31.2 Å². The number of nitrogens with two attached hydrogens (primary N) is 3. The van der Waals surface area contributed by atoms with E-state index in [1.165, 1.54) is 0 Å². The molecular formula is C23H35N7O7S. The Morgan fingerprint density at radius 2 is 1.45 bits per heavy atom. The van der Waals surface area contributed by atoms with Crippen LogP contribution < -0.4 is 33.2 Å². The fourth-order valence-corrected chi connectivity index (χ4v) is 3.53. The molecule has 0 aliphatic heterocycles. The van der Waals surface area contributed by atoms with Crippen LogP contribution in [0, 0.1) is 0 Å². The molecule has 3 amide bonds. The zero-order valence-corrected chi connectivity index (χ0v) is 21.6. The van der Waals surface area contributed by atoms with Gasteiger partial charge >= 0.3 is 11.9 Å². The Kier molecular flexibility index (Phi) is 14.2. The number of carboxylic acids is 2. The summed E-state index contributed by atoms with van der Waals surface area (Å²) in [6, 6.07) is 4.22. The number of amides is 3. The van der Waals surface area contributed by atoms with Crippen LogP contribution in [0.3, 0.4) is 0 Å². The summed E-state index contributed by atoms with van der Waals surface area (Å²) in [4.78, 5) is 64.4. The third-order valence-electron chi connectivity index (χ3n) is 5.29. The van der Waals surface area contributed by atoms with Crippen molar-refractivity contribution >= 4 is 48.2 Å². The van der Waals surface area contributed by atoms with Crippen molar-refractivity contribution in [3.8, 4) is 0 Å². The molecule has 0 spiro atoms. The smallest absolute Gasteiger partial charge is 0.326 e. The van der Waals surface area contributed by atoms with E-state index in [-0.39, 0.29) is 37.5 Å². The van der Waals surface area contributed by atoms with E-state index in [0.29, 0.717) is 6.42 Å². The maximum atomic E-state index is 13.0. The number of rotatable bonds is 17. The molecule has 0 bridgehead atoms. The molecule has 1 aromatic carbocycles. The van der Waals surface area contributed by atoms with E-state index in [1.807, 2.05) is 18.2 Å². The summed E-state index contributed by atoms with van der Waals surface area (Å²) in [5, 5.41) is 25.3. The molecule has 1 aromatic rings. The molecule has 0 heterocycles. The number of nitrogens with one attached hydrogen (secondary N) is 3. The van der Waals surface area contributed by atoms with Crippen LogP contribution in [0.25, 0.3) is 0 Å². The van der Waals surface area contributed by atoms with Gasteiger partial charge in [-0.15, -0.1) is 0 Å². The lowest BCUT2D eigenvalue weighted by Crippen LogP contribution is -2.57. The van der Waals surface area contributed by atoms with Crippen LogP contribution in [0.2, 0.25) is 0 Å². The summed E-state index contributed by atoms with van der Waals surface area (Å²) >= 11 is 4.05. The van der Waals surface area contributed by atoms with Crippen molar-refractivity contribution in [2.45, 2.75) is 56.3 Å². The van der Waals surface area contributed by atoms with Gasteiger partial charge in [0.25, 0.3) is 0 Å². The van der Waals surface area contributed by atoms with Crippen LogP contribution in [0.4, 0.5) is 0 Å². The number of nitrogens with zero attached hydrogens (tertiary/aromatic N) is 1. The molecule has 0 aromatic heterocycles. The molecule has 0 aliphatic rings. The third-order valence-corrected chi connectivity index (χ3v) is 5.66. The van der Waals surface area contributed by atoms with E-state index < -0.39 is 60.2 Å². The number of thiol groups is 1. The van der Waals surface area contributed by atoms with E-state index in [0.717, 1.165) is 5.56 Å². The van der Waals surface area contributed by atoms with E-state index in [1.54, 1.807) is 12.1 Å². The molecule has 0 fully saturated rings. The predicted molar refractivity (Wildman–Crippen MR) is 142 cm³/mol. The average Bonchev–Trinajstić information content (AvgIpc) is 2.86. The van der Waals surface area contributed by atoms with Crippen molar-refractivity contribution in [3.63, 3.8) is 0 Å². The summed E-state index contributed by atoms with van der Waals surface area (Å²) in [6.45, 7) is 0.179. The normalized spacial score (nSPS) is 13.7. The van der Waals surface area contributed by atoms with Crippen molar-refractivity contribution in [1.82, 2.24) is 16.0 Å². The van der Waals surface area contributed by atoms with Crippen LogP contribution in [-0.2, 0) is 30.4 Å². The Bertz CT molecular complexity index is 990. The first kappa shape index (κ1) is 32.2. The van der Waals surface area contributed by atoms with Crippen LogP contribution in [0.1, 0.15) is 31.2 Å². The molecular weight excluding hydrogens is 518 g/mol. The van der Waals surface area contributed by atoms with Crippen molar-refractivity contribution in [3.05, 3.63) is 35.9 Å². The van der Waals surface area contributed by atoms with Crippen LogP contribution in [0.15, 0.2) is 35.3 Å². The highest BCUT2D eigenvalue weighted by molar-refractivity contribution is 7.80. The van der Waals surface area contributed by atoms with E-state index in [4.69, 9.17) is 22.3 Å². The number of benzene rings is 1. The highest BCUT2D eigenvalue weighted by Gasteiger charge is 2.30. The quantitative estimate of drug-likeness (QED) is 0.0441. The number of carbonyl (C=O) groups excluding carboxylic acids is 3. The largest absolute Gasteiger partial charge is 0.481 e. The lowest BCUT2D eigenvalue weighted by Gasteiger charge is -2.24. The van der Waals surface area contributed by atoms with Gasteiger partial charge in [0.15, 0.2) is 5.96 Å². The number of aliphatic carboxylic acids is 2.